The standard InChI is InChI=1S/C17H21NO2/c1-3-14-15-10-9-13(18(15)2)11-16(14)20-17(19)12-7-5-4-6-8-12/h3-8,13-16H,1,9-11H2,2H3/t13-,14+,15+,16-/m0/s1. The van der Waals surface area contributed by atoms with Crippen LogP contribution in [0, 0.1) is 5.92 Å². The lowest BCUT2D eigenvalue weighted by molar-refractivity contribution is -0.0207. The molecule has 2 aliphatic heterocycles. The zero-order valence-electron chi connectivity index (χ0n) is 11.9. The lowest BCUT2D eigenvalue weighted by Crippen LogP contribution is -2.49. The molecular formula is C17H21NO2. The van der Waals surface area contributed by atoms with Crippen LogP contribution in [-0.4, -0.2) is 36.1 Å². The van der Waals surface area contributed by atoms with Gasteiger partial charge >= 0.3 is 5.97 Å². The van der Waals surface area contributed by atoms with Crippen LogP contribution in [0.2, 0.25) is 0 Å². The average Bonchev–Trinajstić information content (AvgIpc) is 2.73. The van der Waals surface area contributed by atoms with Gasteiger partial charge in [0, 0.05) is 24.4 Å². The van der Waals surface area contributed by atoms with Gasteiger partial charge in [-0.15, -0.1) is 6.58 Å². The third kappa shape index (κ3) is 2.27. The van der Waals surface area contributed by atoms with E-state index in [4.69, 9.17) is 4.74 Å². The van der Waals surface area contributed by atoms with E-state index < -0.39 is 0 Å². The molecule has 3 heteroatoms. The van der Waals surface area contributed by atoms with Crippen molar-refractivity contribution in [3.05, 3.63) is 48.6 Å². The van der Waals surface area contributed by atoms with Crippen LogP contribution in [0.4, 0.5) is 0 Å². The van der Waals surface area contributed by atoms with Gasteiger partial charge < -0.3 is 4.74 Å². The highest BCUT2D eigenvalue weighted by Crippen LogP contribution is 2.40. The van der Waals surface area contributed by atoms with E-state index >= 15 is 0 Å². The number of hydrogen-bond acceptors (Lipinski definition) is 3. The van der Waals surface area contributed by atoms with Gasteiger partial charge in [-0.1, -0.05) is 24.3 Å². The van der Waals surface area contributed by atoms with E-state index in [1.165, 1.54) is 12.8 Å². The van der Waals surface area contributed by atoms with Crippen molar-refractivity contribution in [3.63, 3.8) is 0 Å². The number of esters is 1. The molecular weight excluding hydrogens is 250 g/mol. The Hall–Kier alpha value is -1.61. The molecule has 2 bridgehead atoms. The van der Waals surface area contributed by atoms with Crippen LogP contribution in [-0.2, 0) is 4.74 Å². The zero-order chi connectivity index (χ0) is 14.1. The molecule has 2 saturated heterocycles. The first-order valence-corrected chi connectivity index (χ1v) is 7.31. The highest BCUT2D eigenvalue weighted by molar-refractivity contribution is 5.89. The van der Waals surface area contributed by atoms with Crippen LogP contribution in [0.25, 0.3) is 0 Å². The molecule has 0 amide bonds. The molecule has 2 aliphatic rings. The summed E-state index contributed by atoms with van der Waals surface area (Å²) in [5, 5.41) is 0. The molecule has 1 aromatic rings. The van der Waals surface area contributed by atoms with E-state index in [0.29, 0.717) is 17.6 Å². The van der Waals surface area contributed by atoms with Crippen LogP contribution in [0.3, 0.4) is 0 Å². The lowest BCUT2D eigenvalue weighted by Gasteiger charge is -2.41. The fourth-order valence-electron chi connectivity index (χ4n) is 3.68. The van der Waals surface area contributed by atoms with Crippen molar-refractivity contribution in [1.82, 2.24) is 4.90 Å². The molecule has 106 valence electrons. The minimum atomic E-state index is -0.216. The fourth-order valence-corrected chi connectivity index (χ4v) is 3.68. The topological polar surface area (TPSA) is 29.5 Å². The second-order valence-corrected chi connectivity index (χ2v) is 5.82. The van der Waals surface area contributed by atoms with Gasteiger partial charge in [0.05, 0.1) is 5.56 Å². The van der Waals surface area contributed by atoms with E-state index in [1.807, 2.05) is 24.3 Å². The summed E-state index contributed by atoms with van der Waals surface area (Å²) in [6.07, 6.45) is 5.23. The maximum absolute atomic E-state index is 12.2. The minimum Gasteiger partial charge on any atom is -0.458 e. The fraction of sp³-hybridized carbons (Fsp3) is 0.471. The van der Waals surface area contributed by atoms with E-state index in [1.54, 1.807) is 12.1 Å². The predicted octanol–water partition coefficient (Wildman–Crippen LogP) is 2.88. The summed E-state index contributed by atoms with van der Waals surface area (Å²) in [7, 11) is 2.17. The van der Waals surface area contributed by atoms with Crippen molar-refractivity contribution in [2.45, 2.75) is 37.5 Å². The van der Waals surface area contributed by atoms with Crippen LogP contribution >= 0.6 is 0 Å². The number of fused-ring (bicyclic) bond motifs is 2. The van der Waals surface area contributed by atoms with Crippen LogP contribution in [0.15, 0.2) is 43.0 Å². The van der Waals surface area contributed by atoms with Crippen molar-refractivity contribution < 1.29 is 9.53 Å². The van der Waals surface area contributed by atoms with Gasteiger partial charge in [0.1, 0.15) is 6.10 Å². The summed E-state index contributed by atoms with van der Waals surface area (Å²) < 4.78 is 5.77. The molecule has 0 aliphatic carbocycles. The number of benzene rings is 1. The molecule has 2 fully saturated rings. The number of nitrogens with zero attached hydrogens (tertiary/aromatic N) is 1. The summed E-state index contributed by atoms with van der Waals surface area (Å²) >= 11 is 0. The smallest absolute Gasteiger partial charge is 0.338 e. The highest BCUT2D eigenvalue weighted by Gasteiger charge is 2.45. The molecule has 0 N–H and O–H groups in total. The minimum absolute atomic E-state index is 0.0334. The summed E-state index contributed by atoms with van der Waals surface area (Å²) in [4.78, 5) is 14.6. The van der Waals surface area contributed by atoms with E-state index in [2.05, 4.69) is 18.5 Å². The summed E-state index contributed by atoms with van der Waals surface area (Å²) in [5.41, 5.74) is 0.626. The molecule has 3 nitrogen and oxygen atoms in total. The monoisotopic (exact) mass is 271 g/mol. The summed E-state index contributed by atoms with van der Waals surface area (Å²) in [5.74, 6) is 0.0258. The van der Waals surface area contributed by atoms with Crippen molar-refractivity contribution in [2.75, 3.05) is 7.05 Å². The Bertz CT molecular complexity index is 499. The highest BCUT2D eigenvalue weighted by atomic mass is 16.5. The number of carbonyl (C=O) groups excluding carboxylic acids is 1. The Balaban J connectivity index is 1.74. The number of piperidine rings is 1. The second-order valence-electron chi connectivity index (χ2n) is 5.82. The number of hydrogen-bond donors (Lipinski definition) is 0. The predicted molar refractivity (Wildman–Crippen MR) is 78.5 cm³/mol. The summed E-state index contributed by atoms with van der Waals surface area (Å²) in [6, 6.07) is 10.2. The number of ether oxygens (including phenoxy) is 1. The zero-order valence-corrected chi connectivity index (χ0v) is 11.9. The Kier molecular flexibility index (Phi) is 3.62. The van der Waals surface area contributed by atoms with Gasteiger partial charge in [0.25, 0.3) is 0 Å². The van der Waals surface area contributed by atoms with Crippen molar-refractivity contribution in [1.29, 1.82) is 0 Å². The first-order valence-electron chi connectivity index (χ1n) is 7.31. The average molecular weight is 271 g/mol. The van der Waals surface area contributed by atoms with E-state index in [9.17, 15) is 4.79 Å². The summed E-state index contributed by atoms with van der Waals surface area (Å²) in [6.45, 7) is 3.95. The maximum Gasteiger partial charge on any atom is 0.338 e. The van der Waals surface area contributed by atoms with Crippen molar-refractivity contribution >= 4 is 5.97 Å². The molecule has 0 aromatic heterocycles. The molecule has 0 radical (unpaired) electrons. The van der Waals surface area contributed by atoms with Crippen LogP contribution in [0.5, 0.6) is 0 Å². The van der Waals surface area contributed by atoms with Gasteiger partial charge in [-0.2, -0.15) is 0 Å². The third-order valence-electron chi connectivity index (χ3n) is 4.81. The lowest BCUT2D eigenvalue weighted by atomic mass is 9.87. The third-order valence-corrected chi connectivity index (χ3v) is 4.81. The van der Waals surface area contributed by atoms with Gasteiger partial charge in [-0.05, 0) is 32.0 Å². The molecule has 4 atom stereocenters. The van der Waals surface area contributed by atoms with Crippen molar-refractivity contribution in [3.8, 4) is 0 Å². The molecule has 2 heterocycles. The Morgan fingerprint density at radius 2 is 2.10 bits per heavy atom. The van der Waals surface area contributed by atoms with Gasteiger partial charge in [-0.3, -0.25) is 4.90 Å². The first-order chi connectivity index (χ1) is 9.70. The second kappa shape index (κ2) is 5.41. The van der Waals surface area contributed by atoms with Crippen LogP contribution < -0.4 is 0 Å². The first kappa shape index (κ1) is 13.4. The molecule has 1 aromatic carbocycles. The molecule has 0 unspecified atom stereocenters. The Labute approximate surface area is 120 Å². The molecule has 3 rings (SSSR count). The number of rotatable bonds is 3. The molecule has 0 saturated carbocycles. The quantitative estimate of drug-likeness (QED) is 0.625. The maximum atomic E-state index is 12.2. The van der Waals surface area contributed by atoms with Crippen LogP contribution in [0.1, 0.15) is 29.6 Å². The SMILES string of the molecule is C=C[C@H]1[C@@H](OC(=O)c2ccccc2)C[C@@H]2CC[C@H]1N2C. The Morgan fingerprint density at radius 1 is 1.35 bits per heavy atom. The van der Waals surface area contributed by atoms with Gasteiger partial charge in [0.2, 0.25) is 0 Å². The number of carbonyl (C=O) groups is 1. The van der Waals surface area contributed by atoms with Gasteiger partial charge in [0.15, 0.2) is 0 Å². The Morgan fingerprint density at radius 3 is 2.80 bits per heavy atom. The largest absolute Gasteiger partial charge is 0.458 e. The normalized spacial score (nSPS) is 32.9. The molecule has 20 heavy (non-hydrogen) atoms. The van der Waals surface area contributed by atoms with E-state index in [-0.39, 0.29) is 18.0 Å². The van der Waals surface area contributed by atoms with E-state index in [0.717, 1.165) is 6.42 Å². The van der Waals surface area contributed by atoms with Gasteiger partial charge in [-0.25, -0.2) is 4.79 Å². The van der Waals surface area contributed by atoms with Crippen molar-refractivity contribution in [2.24, 2.45) is 5.92 Å². The molecule has 0 spiro atoms.